The summed E-state index contributed by atoms with van der Waals surface area (Å²) in [5, 5.41) is 5.71. The second-order valence-corrected chi connectivity index (χ2v) is 6.54. The maximum Gasteiger partial charge on any atom is 0.0208 e. The Morgan fingerprint density at radius 2 is 2.17 bits per heavy atom. The third-order valence-corrected chi connectivity index (χ3v) is 4.73. The maximum absolute atomic E-state index is 3.58. The first-order valence-corrected chi connectivity index (χ1v) is 7.83. The molecule has 96 valence electrons. The van der Waals surface area contributed by atoms with Crippen molar-refractivity contribution >= 4 is 27.3 Å². The van der Waals surface area contributed by atoms with Gasteiger partial charge >= 0.3 is 0 Å². The molecule has 18 heavy (non-hydrogen) atoms. The molecule has 0 aliphatic heterocycles. The van der Waals surface area contributed by atoms with Gasteiger partial charge in [-0.1, -0.05) is 34.1 Å². The van der Waals surface area contributed by atoms with E-state index >= 15 is 0 Å². The summed E-state index contributed by atoms with van der Waals surface area (Å²) in [6.07, 6.45) is 1.10. The first-order chi connectivity index (χ1) is 8.65. The van der Waals surface area contributed by atoms with E-state index in [-0.39, 0.29) is 0 Å². The highest BCUT2D eigenvalue weighted by molar-refractivity contribution is 9.10. The van der Waals surface area contributed by atoms with Crippen molar-refractivity contribution in [2.75, 3.05) is 0 Å². The Morgan fingerprint density at radius 3 is 2.83 bits per heavy atom. The van der Waals surface area contributed by atoms with Crippen molar-refractivity contribution in [2.24, 2.45) is 0 Å². The van der Waals surface area contributed by atoms with E-state index in [1.807, 2.05) is 11.3 Å². The van der Waals surface area contributed by atoms with Crippen LogP contribution in [0.15, 0.2) is 40.2 Å². The van der Waals surface area contributed by atoms with Crippen LogP contribution in [-0.4, -0.2) is 6.04 Å². The fourth-order valence-corrected chi connectivity index (χ4v) is 3.10. The average molecular weight is 324 g/mol. The standard InChI is InChI=1S/C15H18BrNS/c1-11-5-6-13(9-15(11)16)10-17-12(2)8-14-4-3-7-18-14/h3-7,9,12,17H,8,10H2,1-2H3. The van der Waals surface area contributed by atoms with Gasteiger partial charge in [-0.2, -0.15) is 0 Å². The highest BCUT2D eigenvalue weighted by atomic mass is 79.9. The summed E-state index contributed by atoms with van der Waals surface area (Å²) >= 11 is 5.41. The molecule has 1 N–H and O–H groups in total. The van der Waals surface area contributed by atoms with Gasteiger partial charge in [0.2, 0.25) is 0 Å². The Hall–Kier alpha value is -0.640. The minimum absolute atomic E-state index is 0.503. The predicted molar refractivity (Wildman–Crippen MR) is 83.2 cm³/mol. The van der Waals surface area contributed by atoms with Crippen LogP contribution in [-0.2, 0) is 13.0 Å². The third kappa shape index (κ3) is 3.94. The van der Waals surface area contributed by atoms with Crippen molar-refractivity contribution in [3.63, 3.8) is 0 Å². The quantitative estimate of drug-likeness (QED) is 0.851. The van der Waals surface area contributed by atoms with Gasteiger partial charge in [-0.25, -0.2) is 0 Å². The minimum Gasteiger partial charge on any atom is -0.310 e. The van der Waals surface area contributed by atoms with Crippen LogP contribution in [0.5, 0.6) is 0 Å². The van der Waals surface area contributed by atoms with Crippen molar-refractivity contribution in [1.29, 1.82) is 0 Å². The average Bonchev–Trinajstić information content (AvgIpc) is 2.83. The van der Waals surface area contributed by atoms with Crippen LogP contribution in [0, 0.1) is 6.92 Å². The molecule has 0 fully saturated rings. The molecule has 1 atom stereocenters. The van der Waals surface area contributed by atoms with Crippen LogP contribution >= 0.6 is 27.3 Å². The summed E-state index contributed by atoms with van der Waals surface area (Å²) in [4.78, 5) is 1.44. The van der Waals surface area contributed by atoms with Gasteiger partial charge in [-0.15, -0.1) is 11.3 Å². The van der Waals surface area contributed by atoms with Crippen molar-refractivity contribution in [2.45, 2.75) is 32.9 Å². The van der Waals surface area contributed by atoms with Crippen LogP contribution in [0.2, 0.25) is 0 Å². The fraction of sp³-hybridized carbons (Fsp3) is 0.333. The molecule has 2 aromatic rings. The third-order valence-electron chi connectivity index (χ3n) is 2.98. The van der Waals surface area contributed by atoms with Gasteiger partial charge in [-0.3, -0.25) is 0 Å². The van der Waals surface area contributed by atoms with E-state index in [9.17, 15) is 0 Å². The minimum atomic E-state index is 0.503. The summed E-state index contributed by atoms with van der Waals surface area (Å²) in [7, 11) is 0. The largest absolute Gasteiger partial charge is 0.310 e. The number of aryl methyl sites for hydroxylation is 1. The summed E-state index contributed by atoms with van der Waals surface area (Å²) < 4.78 is 1.19. The van der Waals surface area contributed by atoms with Crippen molar-refractivity contribution in [3.8, 4) is 0 Å². The summed E-state index contributed by atoms with van der Waals surface area (Å²) in [6.45, 7) is 5.27. The lowest BCUT2D eigenvalue weighted by atomic mass is 10.1. The molecule has 0 aliphatic rings. The van der Waals surface area contributed by atoms with Gasteiger partial charge in [0.05, 0.1) is 0 Å². The predicted octanol–water partition coefficient (Wildman–Crippen LogP) is 4.54. The second-order valence-electron chi connectivity index (χ2n) is 4.65. The van der Waals surface area contributed by atoms with E-state index in [4.69, 9.17) is 0 Å². The monoisotopic (exact) mass is 323 g/mol. The molecule has 0 radical (unpaired) electrons. The smallest absolute Gasteiger partial charge is 0.0208 e. The van der Waals surface area contributed by atoms with E-state index < -0.39 is 0 Å². The maximum atomic E-state index is 3.58. The first-order valence-electron chi connectivity index (χ1n) is 6.16. The molecular formula is C15H18BrNS. The fourth-order valence-electron chi connectivity index (χ4n) is 1.84. The lowest BCUT2D eigenvalue weighted by molar-refractivity contribution is 0.548. The summed E-state index contributed by atoms with van der Waals surface area (Å²) in [5.74, 6) is 0. The zero-order valence-electron chi connectivity index (χ0n) is 10.7. The van der Waals surface area contributed by atoms with Crippen LogP contribution in [0.3, 0.4) is 0 Å². The SMILES string of the molecule is Cc1ccc(CNC(C)Cc2cccs2)cc1Br. The Kier molecular flexibility index (Phi) is 4.98. The lowest BCUT2D eigenvalue weighted by Gasteiger charge is -2.13. The molecule has 1 nitrogen and oxygen atoms in total. The molecule has 1 heterocycles. The Morgan fingerprint density at radius 1 is 1.33 bits per heavy atom. The van der Waals surface area contributed by atoms with Gasteiger partial charge in [0.15, 0.2) is 0 Å². The Labute approximate surface area is 121 Å². The molecule has 2 rings (SSSR count). The number of halogens is 1. The van der Waals surface area contributed by atoms with Gasteiger partial charge in [-0.05, 0) is 48.9 Å². The normalized spacial score (nSPS) is 12.6. The number of thiophene rings is 1. The van der Waals surface area contributed by atoms with E-state index in [0.717, 1.165) is 13.0 Å². The molecule has 1 unspecified atom stereocenters. The molecule has 0 saturated carbocycles. The van der Waals surface area contributed by atoms with Crippen LogP contribution in [0.25, 0.3) is 0 Å². The topological polar surface area (TPSA) is 12.0 Å². The molecule has 1 aromatic carbocycles. The van der Waals surface area contributed by atoms with Gasteiger partial charge in [0.25, 0.3) is 0 Å². The van der Waals surface area contributed by atoms with Crippen molar-refractivity contribution in [3.05, 3.63) is 56.2 Å². The molecule has 3 heteroatoms. The molecule has 0 saturated heterocycles. The zero-order valence-corrected chi connectivity index (χ0v) is 13.1. The molecule has 0 bridgehead atoms. The highest BCUT2D eigenvalue weighted by Gasteiger charge is 2.04. The highest BCUT2D eigenvalue weighted by Crippen LogP contribution is 2.17. The van der Waals surface area contributed by atoms with E-state index in [1.54, 1.807) is 0 Å². The molecule has 1 aromatic heterocycles. The second kappa shape index (κ2) is 6.50. The number of hydrogen-bond donors (Lipinski definition) is 1. The molecule has 0 amide bonds. The summed E-state index contributed by atoms with van der Waals surface area (Å²) in [5.41, 5.74) is 2.61. The number of rotatable bonds is 5. The Balaban J connectivity index is 1.85. The van der Waals surface area contributed by atoms with Crippen molar-refractivity contribution < 1.29 is 0 Å². The molecule has 0 aliphatic carbocycles. The van der Waals surface area contributed by atoms with Crippen LogP contribution in [0.4, 0.5) is 0 Å². The van der Waals surface area contributed by atoms with E-state index in [1.165, 1.54) is 20.5 Å². The van der Waals surface area contributed by atoms with Gasteiger partial charge in [0.1, 0.15) is 0 Å². The summed E-state index contributed by atoms with van der Waals surface area (Å²) in [6, 6.07) is 11.4. The van der Waals surface area contributed by atoms with Crippen LogP contribution in [0.1, 0.15) is 22.9 Å². The van der Waals surface area contributed by atoms with Crippen LogP contribution < -0.4 is 5.32 Å². The first kappa shape index (κ1) is 13.8. The number of benzene rings is 1. The van der Waals surface area contributed by atoms with Crippen molar-refractivity contribution in [1.82, 2.24) is 5.32 Å². The lowest BCUT2D eigenvalue weighted by Crippen LogP contribution is -2.27. The molecule has 0 spiro atoms. The van der Waals surface area contributed by atoms with Gasteiger partial charge < -0.3 is 5.32 Å². The zero-order chi connectivity index (χ0) is 13.0. The molecular weight excluding hydrogens is 306 g/mol. The van der Waals surface area contributed by atoms with E-state index in [2.05, 4.69) is 70.8 Å². The Bertz CT molecular complexity index is 493. The van der Waals surface area contributed by atoms with Gasteiger partial charge in [0, 0.05) is 21.9 Å². The number of hydrogen-bond acceptors (Lipinski definition) is 2. The number of nitrogens with one attached hydrogen (secondary N) is 1. The van der Waals surface area contributed by atoms with E-state index in [0.29, 0.717) is 6.04 Å².